The van der Waals surface area contributed by atoms with Gasteiger partial charge in [0, 0.05) is 25.7 Å². The van der Waals surface area contributed by atoms with Gasteiger partial charge in [0.2, 0.25) is 0 Å². The van der Waals surface area contributed by atoms with Crippen LogP contribution in [-0.4, -0.2) is 43.7 Å². The van der Waals surface area contributed by atoms with Gasteiger partial charge in [-0.15, -0.1) is 0 Å². The number of morpholine rings is 1. The molecule has 2 heterocycles. The number of carbonyl (C=O) groups excluding carboxylic acids is 1. The Labute approximate surface area is 175 Å². The molecule has 156 valence electrons. The van der Waals surface area contributed by atoms with Crippen LogP contribution in [0.4, 0.5) is 0 Å². The van der Waals surface area contributed by atoms with Crippen LogP contribution in [0.5, 0.6) is 0 Å². The second kappa shape index (κ2) is 9.24. The van der Waals surface area contributed by atoms with Gasteiger partial charge in [0.25, 0.3) is 5.91 Å². The lowest BCUT2D eigenvalue weighted by Crippen LogP contribution is -2.43. The summed E-state index contributed by atoms with van der Waals surface area (Å²) >= 11 is 0. The minimum absolute atomic E-state index is 0.0262. The molecule has 1 aliphatic heterocycles. The molecule has 0 bridgehead atoms. The molecule has 4 rings (SSSR count). The maximum Gasteiger partial charge on any atom is 0.287 e. The van der Waals surface area contributed by atoms with Crippen LogP contribution in [0.3, 0.4) is 0 Å². The van der Waals surface area contributed by atoms with Crippen molar-refractivity contribution >= 4 is 16.9 Å². The molecule has 0 spiro atoms. The average Bonchev–Trinajstić information content (AvgIpc) is 2.80. The molecule has 3 aromatic rings. The summed E-state index contributed by atoms with van der Waals surface area (Å²) in [5.74, 6) is -0.353. The molecule has 6 nitrogen and oxygen atoms in total. The standard InChI is InChI=1S/C24H26N2O4/c1-2-17-8-9-22-19(14-17)21(27)15-23(30-22)24(28)25-16-20(18-6-4-3-5-7-18)26-10-12-29-13-11-26/h3-9,14-15,20H,2,10-13,16H2,1H3,(H,25,28)/t20-/m0/s1. The predicted octanol–water partition coefficient (Wildman–Crippen LogP) is 3.16. The summed E-state index contributed by atoms with van der Waals surface area (Å²) in [7, 11) is 0. The fourth-order valence-electron chi connectivity index (χ4n) is 3.83. The first-order valence-electron chi connectivity index (χ1n) is 10.4. The van der Waals surface area contributed by atoms with Gasteiger partial charge in [0.15, 0.2) is 11.2 Å². The highest BCUT2D eigenvalue weighted by molar-refractivity contribution is 5.93. The summed E-state index contributed by atoms with van der Waals surface area (Å²) in [6.45, 7) is 5.41. The molecule has 1 saturated heterocycles. The normalized spacial score (nSPS) is 15.8. The lowest BCUT2D eigenvalue weighted by molar-refractivity contribution is 0.0161. The van der Waals surface area contributed by atoms with E-state index in [1.807, 2.05) is 37.3 Å². The van der Waals surface area contributed by atoms with E-state index in [0.29, 0.717) is 30.7 Å². The van der Waals surface area contributed by atoms with Gasteiger partial charge in [0.05, 0.1) is 24.6 Å². The van der Waals surface area contributed by atoms with Crippen molar-refractivity contribution in [3.05, 3.63) is 81.7 Å². The first-order chi connectivity index (χ1) is 14.7. The van der Waals surface area contributed by atoms with Crippen LogP contribution in [0.1, 0.15) is 34.6 Å². The second-order valence-electron chi connectivity index (χ2n) is 7.44. The van der Waals surface area contributed by atoms with Crippen molar-refractivity contribution in [3.8, 4) is 0 Å². The monoisotopic (exact) mass is 406 g/mol. The number of hydrogen-bond donors (Lipinski definition) is 1. The molecule has 1 atom stereocenters. The minimum atomic E-state index is -0.386. The Morgan fingerprint density at radius 2 is 1.87 bits per heavy atom. The van der Waals surface area contributed by atoms with Gasteiger partial charge in [-0.3, -0.25) is 14.5 Å². The Kier molecular flexibility index (Phi) is 6.26. The van der Waals surface area contributed by atoms with E-state index in [4.69, 9.17) is 9.15 Å². The summed E-state index contributed by atoms with van der Waals surface area (Å²) in [6.07, 6.45) is 0.833. The smallest absolute Gasteiger partial charge is 0.287 e. The van der Waals surface area contributed by atoms with Crippen molar-refractivity contribution in [2.45, 2.75) is 19.4 Å². The average molecular weight is 406 g/mol. The number of ether oxygens (including phenoxy) is 1. The molecule has 1 N–H and O–H groups in total. The van der Waals surface area contributed by atoms with Gasteiger partial charge in [-0.25, -0.2) is 0 Å². The fraction of sp³-hybridized carbons (Fsp3) is 0.333. The van der Waals surface area contributed by atoms with Gasteiger partial charge in [-0.05, 0) is 29.7 Å². The number of aryl methyl sites for hydroxylation is 1. The van der Waals surface area contributed by atoms with Gasteiger partial charge in [0.1, 0.15) is 5.58 Å². The Morgan fingerprint density at radius 1 is 1.10 bits per heavy atom. The number of nitrogens with one attached hydrogen (secondary N) is 1. The first-order valence-corrected chi connectivity index (χ1v) is 10.4. The second-order valence-corrected chi connectivity index (χ2v) is 7.44. The number of benzene rings is 2. The van der Waals surface area contributed by atoms with Crippen LogP contribution < -0.4 is 10.7 Å². The molecule has 0 saturated carbocycles. The van der Waals surface area contributed by atoms with E-state index in [0.717, 1.165) is 30.6 Å². The lowest BCUT2D eigenvalue weighted by Gasteiger charge is -2.34. The third kappa shape index (κ3) is 4.45. The van der Waals surface area contributed by atoms with Gasteiger partial charge in [-0.2, -0.15) is 0 Å². The van der Waals surface area contributed by atoms with Crippen LogP contribution in [0, 0.1) is 0 Å². The number of fused-ring (bicyclic) bond motifs is 1. The number of amides is 1. The van der Waals surface area contributed by atoms with E-state index < -0.39 is 0 Å². The van der Waals surface area contributed by atoms with E-state index in [1.54, 1.807) is 6.07 Å². The number of hydrogen-bond acceptors (Lipinski definition) is 5. The third-order valence-electron chi connectivity index (χ3n) is 5.55. The molecule has 1 amide bonds. The highest BCUT2D eigenvalue weighted by atomic mass is 16.5. The molecular weight excluding hydrogens is 380 g/mol. The molecule has 1 aromatic heterocycles. The van der Waals surface area contributed by atoms with Crippen molar-refractivity contribution in [3.63, 3.8) is 0 Å². The van der Waals surface area contributed by atoms with Crippen LogP contribution in [0.2, 0.25) is 0 Å². The molecule has 1 fully saturated rings. The van der Waals surface area contributed by atoms with Crippen molar-refractivity contribution in [2.75, 3.05) is 32.8 Å². The van der Waals surface area contributed by atoms with Crippen LogP contribution in [0.25, 0.3) is 11.0 Å². The zero-order valence-electron chi connectivity index (χ0n) is 17.1. The van der Waals surface area contributed by atoms with Crippen molar-refractivity contribution in [1.82, 2.24) is 10.2 Å². The highest BCUT2D eigenvalue weighted by Gasteiger charge is 2.24. The molecule has 6 heteroatoms. The molecule has 30 heavy (non-hydrogen) atoms. The van der Waals surface area contributed by atoms with E-state index in [1.165, 1.54) is 6.07 Å². The number of nitrogens with zero attached hydrogens (tertiary/aromatic N) is 1. The summed E-state index contributed by atoms with van der Waals surface area (Å²) in [5.41, 5.74) is 2.41. The molecule has 2 aromatic carbocycles. The summed E-state index contributed by atoms with van der Waals surface area (Å²) in [6, 6.07) is 16.9. The van der Waals surface area contributed by atoms with Crippen molar-refractivity contribution in [1.29, 1.82) is 0 Å². The topological polar surface area (TPSA) is 71.8 Å². The summed E-state index contributed by atoms with van der Waals surface area (Å²) in [4.78, 5) is 27.6. The van der Waals surface area contributed by atoms with Gasteiger partial charge in [-0.1, -0.05) is 43.3 Å². The molecule has 0 aliphatic carbocycles. The largest absolute Gasteiger partial charge is 0.451 e. The highest BCUT2D eigenvalue weighted by Crippen LogP contribution is 2.21. The first kappa shape index (κ1) is 20.3. The fourth-order valence-corrected chi connectivity index (χ4v) is 3.83. The Morgan fingerprint density at radius 3 is 2.60 bits per heavy atom. The summed E-state index contributed by atoms with van der Waals surface area (Å²) < 4.78 is 11.2. The Hall–Kier alpha value is -2.96. The molecule has 0 unspecified atom stereocenters. The predicted molar refractivity (Wildman–Crippen MR) is 116 cm³/mol. The van der Waals surface area contributed by atoms with Gasteiger partial charge < -0.3 is 14.5 Å². The third-order valence-corrected chi connectivity index (χ3v) is 5.55. The van der Waals surface area contributed by atoms with E-state index in [2.05, 4.69) is 22.3 Å². The van der Waals surface area contributed by atoms with E-state index in [-0.39, 0.29) is 23.1 Å². The quantitative estimate of drug-likeness (QED) is 0.681. The van der Waals surface area contributed by atoms with Crippen molar-refractivity contribution < 1.29 is 13.9 Å². The molecule has 0 radical (unpaired) electrons. The number of rotatable bonds is 6. The Bertz CT molecular complexity index is 1070. The number of carbonyl (C=O) groups is 1. The minimum Gasteiger partial charge on any atom is -0.451 e. The SMILES string of the molecule is CCc1ccc2oc(C(=O)NC[C@@H](c3ccccc3)N3CCOCC3)cc(=O)c2c1. The molecule has 1 aliphatic rings. The van der Waals surface area contributed by atoms with E-state index in [9.17, 15) is 9.59 Å². The zero-order valence-corrected chi connectivity index (χ0v) is 17.1. The molecular formula is C24H26N2O4. The maximum atomic E-state index is 12.8. The van der Waals surface area contributed by atoms with Crippen LogP contribution in [0.15, 0.2) is 63.8 Å². The van der Waals surface area contributed by atoms with E-state index >= 15 is 0 Å². The zero-order chi connectivity index (χ0) is 20.9. The van der Waals surface area contributed by atoms with Crippen LogP contribution in [-0.2, 0) is 11.2 Å². The van der Waals surface area contributed by atoms with Crippen LogP contribution >= 0.6 is 0 Å². The Balaban J connectivity index is 1.54. The summed E-state index contributed by atoms with van der Waals surface area (Å²) in [5, 5.41) is 3.46. The van der Waals surface area contributed by atoms with Crippen molar-refractivity contribution in [2.24, 2.45) is 0 Å². The van der Waals surface area contributed by atoms with Gasteiger partial charge >= 0.3 is 0 Å². The lowest BCUT2D eigenvalue weighted by atomic mass is 10.0. The maximum absolute atomic E-state index is 12.8.